The van der Waals surface area contributed by atoms with Crippen molar-refractivity contribution in [2.75, 3.05) is 6.54 Å². The number of amides is 2. The number of likely N-dealkylation sites (tertiary alicyclic amines) is 1. The number of nitrogens with zero attached hydrogens (tertiary/aromatic N) is 1. The Hall–Kier alpha value is -3.75. The molecule has 0 bridgehead atoms. The minimum atomic E-state index is -0.852. The topological polar surface area (TPSA) is 49.4 Å². The van der Waals surface area contributed by atoms with Crippen molar-refractivity contribution >= 4 is 30.3 Å². The second-order valence-corrected chi connectivity index (χ2v) is 12.0. The van der Waals surface area contributed by atoms with Gasteiger partial charge in [0, 0.05) is 25.2 Å². The monoisotopic (exact) mass is 520 g/mol. The lowest BCUT2D eigenvalue weighted by Crippen LogP contribution is -2.46. The van der Waals surface area contributed by atoms with E-state index in [-0.39, 0.29) is 17.5 Å². The summed E-state index contributed by atoms with van der Waals surface area (Å²) in [5.41, 5.74) is 2.21. The van der Waals surface area contributed by atoms with Gasteiger partial charge in [-0.25, -0.2) is 0 Å². The Balaban J connectivity index is 1.40. The molecule has 0 radical (unpaired) electrons. The van der Waals surface area contributed by atoms with Gasteiger partial charge >= 0.3 is 0 Å². The van der Waals surface area contributed by atoms with Gasteiger partial charge in [-0.3, -0.25) is 9.59 Å². The van der Waals surface area contributed by atoms with Crippen molar-refractivity contribution in [3.05, 3.63) is 132 Å². The van der Waals surface area contributed by atoms with Gasteiger partial charge in [-0.2, -0.15) is 0 Å². The maximum Gasteiger partial charge on any atom is 0.243 e. The molecule has 0 spiro atoms. The smallest absolute Gasteiger partial charge is 0.243 e. The van der Waals surface area contributed by atoms with E-state index in [1.165, 1.54) is 10.6 Å². The van der Waals surface area contributed by atoms with Crippen molar-refractivity contribution < 1.29 is 9.59 Å². The fourth-order valence-electron chi connectivity index (χ4n) is 5.24. The maximum atomic E-state index is 13.9. The van der Waals surface area contributed by atoms with Gasteiger partial charge in [0.15, 0.2) is 0 Å². The molecule has 5 rings (SSSR count). The number of benzene rings is 4. The fraction of sp³-hybridized carbons (Fsp3) is 0.212. The van der Waals surface area contributed by atoms with Crippen LogP contribution in [0.2, 0.25) is 0 Å². The molecule has 1 N–H and O–H groups in total. The highest BCUT2D eigenvalue weighted by molar-refractivity contribution is 7.73. The average Bonchev–Trinajstić information content (AvgIpc) is 3.48. The molecule has 1 aliphatic heterocycles. The van der Waals surface area contributed by atoms with Crippen molar-refractivity contribution in [2.45, 2.75) is 37.5 Å². The summed E-state index contributed by atoms with van der Waals surface area (Å²) in [6.07, 6.45) is 1.91. The van der Waals surface area contributed by atoms with Crippen LogP contribution in [0.5, 0.6) is 0 Å². The summed E-state index contributed by atoms with van der Waals surface area (Å²) in [5, 5.41) is 5.55. The number of nitrogens with one attached hydrogen (secondary N) is 1. The lowest BCUT2D eigenvalue weighted by atomic mass is 10.1. The molecule has 0 aliphatic carbocycles. The third-order valence-corrected chi connectivity index (χ3v) is 9.93. The zero-order valence-electron chi connectivity index (χ0n) is 21.4. The third-order valence-electron chi connectivity index (χ3n) is 7.12. The Kier molecular flexibility index (Phi) is 8.63. The second-order valence-electron chi connectivity index (χ2n) is 9.62. The van der Waals surface area contributed by atoms with Gasteiger partial charge in [-0.1, -0.05) is 121 Å². The minimum Gasteiger partial charge on any atom is -0.350 e. The SMILES string of the molecule is O=C(NCc1ccccc1)[C@H]1CCCN1C(=O)C[C@@H](c1ccccc1)P(c1ccccc1)c1ccccc1. The quantitative estimate of drug-likeness (QED) is 0.294. The van der Waals surface area contributed by atoms with Gasteiger partial charge in [0.05, 0.1) is 0 Å². The first-order valence-corrected chi connectivity index (χ1v) is 14.7. The zero-order chi connectivity index (χ0) is 26.2. The van der Waals surface area contributed by atoms with Crippen LogP contribution in [0.15, 0.2) is 121 Å². The molecule has 5 heteroatoms. The van der Waals surface area contributed by atoms with Crippen molar-refractivity contribution in [3.8, 4) is 0 Å². The van der Waals surface area contributed by atoms with Crippen LogP contribution in [0, 0.1) is 0 Å². The van der Waals surface area contributed by atoms with Crippen LogP contribution >= 0.6 is 7.92 Å². The number of hydrogen-bond acceptors (Lipinski definition) is 2. The molecular formula is C33H33N2O2P. The molecule has 1 aliphatic rings. The molecule has 0 unspecified atom stereocenters. The van der Waals surface area contributed by atoms with Crippen LogP contribution in [0.1, 0.15) is 36.0 Å². The van der Waals surface area contributed by atoms with E-state index in [0.29, 0.717) is 25.9 Å². The Labute approximate surface area is 226 Å². The number of rotatable bonds is 9. The Bertz CT molecular complexity index is 1280. The summed E-state index contributed by atoms with van der Waals surface area (Å²) in [4.78, 5) is 28.9. The molecule has 192 valence electrons. The van der Waals surface area contributed by atoms with E-state index in [2.05, 4.69) is 66.0 Å². The molecule has 4 aromatic carbocycles. The molecule has 1 fully saturated rings. The zero-order valence-corrected chi connectivity index (χ0v) is 22.3. The molecule has 2 amide bonds. The van der Waals surface area contributed by atoms with E-state index in [1.54, 1.807) is 0 Å². The van der Waals surface area contributed by atoms with Crippen molar-refractivity contribution in [1.82, 2.24) is 10.2 Å². The van der Waals surface area contributed by atoms with Gasteiger partial charge in [0.1, 0.15) is 6.04 Å². The lowest BCUT2D eigenvalue weighted by Gasteiger charge is -2.31. The van der Waals surface area contributed by atoms with Gasteiger partial charge < -0.3 is 10.2 Å². The Morgan fingerprint density at radius 3 is 1.87 bits per heavy atom. The normalized spacial score (nSPS) is 15.8. The third kappa shape index (κ3) is 6.20. The highest BCUT2D eigenvalue weighted by atomic mass is 31.1. The average molecular weight is 521 g/mol. The lowest BCUT2D eigenvalue weighted by molar-refractivity contribution is -0.138. The maximum absolute atomic E-state index is 13.9. The molecule has 1 heterocycles. The summed E-state index contributed by atoms with van der Waals surface area (Å²) in [7, 11) is -0.852. The highest BCUT2D eigenvalue weighted by Gasteiger charge is 2.37. The van der Waals surface area contributed by atoms with E-state index in [9.17, 15) is 9.59 Å². The highest BCUT2D eigenvalue weighted by Crippen LogP contribution is 2.51. The fourth-order valence-corrected chi connectivity index (χ4v) is 8.06. The Morgan fingerprint density at radius 1 is 0.763 bits per heavy atom. The minimum absolute atomic E-state index is 0.00266. The van der Waals surface area contributed by atoms with Gasteiger partial charge in [0.25, 0.3) is 0 Å². The van der Waals surface area contributed by atoms with Crippen LogP contribution < -0.4 is 15.9 Å². The van der Waals surface area contributed by atoms with Crippen molar-refractivity contribution in [2.24, 2.45) is 0 Å². The first-order chi connectivity index (χ1) is 18.7. The van der Waals surface area contributed by atoms with E-state index >= 15 is 0 Å². The molecule has 38 heavy (non-hydrogen) atoms. The molecule has 4 nitrogen and oxygen atoms in total. The van der Waals surface area contributed by atoms with Crippen LogP contribution in [-0.4, -0.2) is 29.3 Å². The summed E-state index contributed by atoms with van der Waals surface area (Å²) in [5.74, 6) is -0.0140. The van der Waals surface area contributed by atoms with Crippen molar-refractivity contribution in [1.29, 1.82) is 0 Å². The van der Waals surface area contributed by atoms with Crippen LogP contribution in [0.3, 0.4) is 0 Å². The van der Waals surface area contributed by atoms with Crippen LogP contribution in [0.4, 0.5) is 0 Å². The summed E-state index contributed by atoms with van der Waals surface area (Å²) in [6, 6.07) is 40.9. The predicted molar refractivity (Wildman–Crippen MR) is 156 cm³/mol. The van der Waals surface area contributed by atoms with E-state index in [1.807, 2.05) is 65.6 Å². The molecule has 2 atom stereocenters. The van der Waals surface area contributed by atoms with E-state index in [4.69, 9.17) is 0 Å². The van der Waals surface area contributed by atoms with Gasteiger partial charge in [-0.05, 0) is 42.5 Å². The van der Waals surface area contributed by atoms with Crippen LogP contribution in [-0.2, 0) is 16.1 Å². The second kappa shape index (κ2) is 12.7. The molecular weight excluding hydrogens is 487 g/mol. The largest absolute Gasteiger partial charge is 0.350 e. The number of carbonyl (C=O) groups is 2. The standard InChI is InChI=1S/C33H33N2O2P/c36-32(35-23-13-22-30(35)33(37)34-25-26-14-5-1-6-15-26)24-31(27-16-7-2-8-17-27)38(28-18-9-3-10-19-28)29-20-11-4-12-21-29/h1-12,14-21,30-31H,13,22-25H2,(H,34,37)/t30-,31+/m1/s1. The summed E-state index contributed by atoms with van der Waals surface area (Å²) in [6.45, 7) is 1.09. The predicted octanol–water partition coefficient (Wildman–Crippen LogP) is 5.56. The summed E-state index contributed by atoms with van der Waals surface area (Å²) >= 11 is 0. The number of hydrogen-bond donors (Lipinski definition) is 1. The van der Waals surface area contributed by atoms with E-state index < -0.39 is 14.0 Å². The molecule has 0 saturated carbocycles. The molecule has 4 aromatic rings. The summed E-state index contributed by atoms with van der Waals surface area (Å²) < 4.78 is 0. The van der Waals surface area contributed by atoms with E-state index in [0.717, 1.165) is 17.5 Å². The Morgan fingerprint density at radius 2 is 1.29 bits per heavy atom. The molecule has 0 aromatic heterocycles. The first-order valence-electron chi connectivity index (χ1n) is 13.3. The molecule has 1 saturated heterocycles. The van der Waals surface area contributed by atoms with Gasteiger partial charge in [-0.15, -0.1) is 0 Å². The van der Waals surface area contributed by atoms with Gasteiger partial charge in [0.2, 0.25) is 11.8 Å². The van der Waals surface area contributed by atoms with Crippen LogP contribution in [0.25, 0.3) is 0 Å². The first kappa shape index (κ1) is 25.9. The van der Waals surface area contributed by atoms with Crippen molar-refractivity contribution in [3.63, 3.8) is 0 Å². The number of carbonyl (C=O) groups excluding carboxylic acids is 2.